The summed E-state index contributed by atoms with van der Waals surface area (Å²) in [4.78, 5) is 15.0. The van der Waals surface area contributed by atoms with Crippen molar-refractivity contribution >= 4 is 16.7 Å². The number of fused-ring (bicyclic) bond motifs is 1. The molecule has 1 heterocycles. The molecule has 20 heavy (non-hydrogen) atoms. The minimum absolute atomic E-state index is 0.295. The van der Waals surface area contributed by atoms with Crippen molar-refractivity contribution in [3.8, 4) is 11.1 Å². The summed E-state index contributed by atoms with van der Waals surface area (Å²) in [6.07, 6.45) is 3.53. The van der Waals surface area contributed by atoms with E-state index in [0.29, 0.717) is 12.2 Å². The van der Waals surface area contributed by atoms with Gasteiger partial charge in [0.1, 0.15) is 0 Å². The van der Waals surface area contributed by atoms with Crippen LogP contribution in [0, 0.1) is 0 Å². The Labute approximate surface area is 117 Å². The fourth-order valence-corrected chi connectivity index (χ4v) is 2.42. The molecule has 0 saturated heterocycles. The first-order valence-corrected chi connectivity index (χ1v) is 6.63. The van der Waals surface area contributed by atoms with Crippen LogP contribution < -0.4 is 0 Å². The van der Waals surface area contributed by atoms with E-state index in [2.05, 4.69) is 23.2 Å². The second-order valence-electron chi connectivity index (χ2n) is 4.53. The SMILES string of the molecule is CCOC(=O)c1c[nH]cc1-c1cccc2ccccc12. The summed E-state index contributed by atoms with van der Waals surface area (Å²) in [5, 5.41) is 2.28. The molecule has 100 valence electrons. The number of esters is 1. The molecule has 0 fully saturated rings. The van der Waals surface area contributed by atoms with Crippen molar-refractivity contribution < 1.29 is 9.53 Å². The number of carbonyl (C=O) groups excluding carboxylic acids is 1. The molecule has 0 aliphatic heterocycles. The van der Waals surface area contributed by atoms with E-state index in [1.807, 2.05) is 37.4 Å². The maximum Gasteiger partial charge on any atom is 0.340 e. The fourth-order valence-electron chi connectivity index (χ4n) is 2.42. The van der Waals surface area contributed by atoms with Crippen molar-refractivity contribution in [3.63, 3.8) is 0 Å². The van der Waals surface area contributed by atoms with Crippen molar-refractivity contribution in [1.29, 1.82) is 0 Å². The Morgan fingerprint density at radius 3 is 2.70 bits per heavy atom. The molecular weight excluding hydrogens is 250 g/mol. The molecule has 3 rings (SSSR count). The van der Waals surface area contributed by atoms with Gasteiger partial charge in [0.15, 0.2) is 0 Å². The lowest BCUT2D eigenvalue weighted by molar-refractivity contribution is 0.0527. The Hall–Kier alpha value is -2.55. The highest BCUT2D eigenvalue weighted by Gasteiger charge is 2.16. The molecule has 3 heteroatoms. The van der Waals surface area contributed by atoms with E-state index in [1.54, 1.807) is 6.20 Å². The van der Waals surface area contributed by atoms with Gasteiger partial charge in [0.05, 0.1) is 12.2 Å². The van der Waals surface area contributed by atoms with Crippen LogP contribution in [0.15, 0.2) is 54.9 Å². The lowest BCUT2D eigenvalue weighted by atomic mass is 9.98. The van der Waals surface area contributed by atoms with Gasteiger partial charge in [0.2, 0.25) is 0 Å². The van der Waals surface area contributed by atoms with Crippen molar-refractivity contribution in [2.75, 3.05) is 6.61 Å². The van der Waals surface area contributed by atoms with Gasteiger partial charge < -0.3 is 9.72 Å². The number of ether oxygens (including phenoxy) is 1. The highest BCUT2D eigenvalue weighted by atomic mass is 16.5. The van der Waals surface area contributed by atoms with Crippen LogP contribution in [0.4, 0.5) is 0 Å². The Morgan fingerprint density at radius 2 is 1.85 bits per heavy atom. The molecule has 0 bridgehead atoms. The third kappa shape index (κ3) is 2.07. The molecule has 0 radical (unpaired) electrons. The molecule has 0 atom stereocenters. The molecule has 0 amide bonds. The van der Waals surface area contributed by atoms with Crippen molar-refractivity contribution in [2.24, 2.45) is 0 Å². The lowest BCUT2D eigenvalue weighted by Crippen LogP contribution is -2.04. The van der Waals surface area contributed by atoms with Gasteiger partial charge in [-0.3, -0.25) is 0 Å². The molecular formula is C17H15NO2. The summed E-state index contributed by atoms with van der Waals surface area (Å²) in [5.74, 6) is -0.295. The number of H-pyrrole nitrogens is 1. The Bertz CT molecular complexity index is 753. The molecule has 0 spiro atoms. The summed E-state index contributed by atoms with van der Waals surface area (Å²) < 4.78 is 5.10. The zero-order valence-corrected chi connectivity index (χ0v) is 11.2. The monoisotopic (exact) mass is 265 g/mol. The molecule has 0 unspecified atom stereocenters. The van der Waals surface area contributed by atoms with Crippen LogP contribution in [-0.4, -0.2) is 17.6 Å². The van der Waals surface area contributed by atoms with Gasteiger partial charge in [-0.05, 0) is 23.3 Å². The second kappa shape index (κ2) is 5.21. The summed E-state index contributed by atoms with van der Waals surface area (Å²) in [5.41, 5.74) is 2.48. The zero-order chi connectivity index (χ0) is 13.9. The first-order chi connectivity index (χ1) is 9.81. The van der Waals surface area contributed by atoms with Crippen molar-refractivity contribution in [2.45, 2.75) is 6.92 Å². The number of rotatable bonds is 3. The molecule has 0 saturated carbocycles. The third-order valence-electron chi connectivity index (χ3n) is 3.32. The van der Waals surface area contributed by atoms with Crippen LogP contribution >= 0.6 is 0 Å². The molecule has 1 N–H and O–H groups in total. The van der Waals surface area contributed by atoms with Crippen LogP contribution in [0.3, 0.4) is 0 Å². The summed E-state index contributed by atoms with van der Waals surface area (Å²) in [6, 6.07) is 14.2. The molecule has 3 nitrogen and oxygen atoms in total. The summed E-state index contributed by atoms with van der Waals surface area (Å²) in [6.45, 7) is 2.18. The second-order valence-corrected chi connectivity index (χ2v) is 4.53. The number of nitrogens with one attached hydrogen (secondary N) is 1. The van der Waals surface area contributed by atoms with E-state index in [4.69, 9.17) is 4.74 Å². The van der Waals surface area contributed by atoms with Gasteiger partial charge in [0, 0.05) is 18.0 Å². The van der Waals surface area contributed by atoms with Gasteiger partial charge in [-0.15, -0.1) is 0 Å². The number of aromatic amines is 1. The van der Waals surface area contributed by atoms with Gasteiger partial charge >= 0.3 is 5.97 Å². The Kier molecular flexibility index (Phi) is 3.25. The normalized spacial score (nSPS) is 10.7. The predicted molar refractivity (Wildman–Crippen MR) is 79.7 cm³/mol. The van der Waals surface area contributed by atoms with E-state index < -0.39 is 0 Å². The van der Waals surface area contributed by atoms with Crippen molar-refractivity contribution in [1.82, 2.24) is 4.98 Å². The average Bonchev–Trinajstić information content (AvgIpc) is 2.96. The van der Waals surface area contributed by atoms with E-state index in [-0.39, 0.29) is 5.97 Å². The third-order valence-corrected chi connectivity index (χ3v) is 3.32. The number of benzene rings is 2. The minimum Gasteiger partial charge on any atom is -0.462 e. The van der Waals surface area contributed by atoms with Crippen molar-refractivity contribution in [3.05, 3.63) is 60.4 Å². The van der Waals surface area contributed by atoms with Crippen LogP contribution in [-0.2, 0) is 4.74 Å². The first-order valence-electron chi connectivity index (χ1n) is 6.63. The quantitative estimate of drug-likeness (QED) is 0.727. The molecule has 3 aromatic rings. The van der Waals surface area contributed by atoms with E-state index in [9.17, 15) is 4.79 Å². The fraction of sp³-hybridized carbons (Fsp3) is 0.118. The number of carbonyl (C=O) groups is 1. The first kappa shape index (κ1) is 12.5. The van der Waals surface area contributed by atoms with Crippen LogP contribution in [0.25, 0.3) is 21.9 Å². The zero-order valence-electron chi connectivity index (χ0n) is 11.2. The Morgan fingerprint density at radius 1 is 1.05 bits per heavy atom. The smallest absolute Gasteiger partial charge is 0.340 e. The maximum absolute atomic E-state index is 12.0. The molecule has 1 aromatic heterocycles. The standard InChI is InChI=1S/C17H15NO2/c1-2-20-17(19)16-11-18-10-15(16)14-9-5-7-12-6-3-4-8-13(12)14/h3-11,18H,2H2,1H3. The van der Waals surface area contributed by atoms with Crippen LogP contribution in [0.5, 0.6) is 0 Å². The summed E-state index contributed by atoms with van der Waals surface area (Å²) >= 11 is 0. The predicted octanol–water partition coefficient (Wildman–Crippen LogP) is 4.01. The largest absolute Gasteiger partial charge is 0.462 e. The lowest BCUT2D eigenvalue weighted by Gasteiger charge is -2.07. The highest BCUT2D eigenvalue weighted by Crippen LogP contribution is 2.31. The van der Waals surface area contributed by atoms with Gasteiger partial charge in [-0.2, -0.15) is 0 Å². The highest BCUT2D eigenvalue weighted by molar-refractivity contribution is 6.04. The van der Waals surface area contributed by atoms with Gasteiger partial charge in [-0.1, -0.05) is 42.5 Å². The molecule has 0 aliphatic rings. The molecule has 2 aromatic carbocycles. The van der Waals surface area contributed by atoms with Crippen LogP contribution in [0.1, 0.15) is 17.3 Å². The average molecular weight is 265 g/mol. The molecule has 0 aliphatic carbocycles. The van der Waals surface area contributed by atoms with Crippen LogP contribution in [0.2, 0.25) is 0 Å². The van der Waals surface area contributed by atoms with E-state index in [0.717, 1.165) is 21.9 Å². The van der Waals surface area contributed by atoms with Gasteiger partial charge in [0.25, 0.3) is 0 Å². The topological polar surface area (TPSA) is 42.1 Å². The van der Waals surface area contributed by atoms with E-state index >= 15 is 0 Å². The van der Waals surface area contributed by atoms with Gasteiger partial charge in [-0.25, -0.2) is 4.79 Å². The number of aromatic nitrogens is 1. The number of hydrogen-bond donors (Lipinski definition) is 1. The summed E-state index contributed by atoms with van der Waals surface area (Å²) in [7, 11) is 0. The maximum atomic E-state index is 12.0. The van der Waals surface area contributed by atoms with E-state index in [1.165, 1.54) is 0 Å². The Balaban J connectivity index is 2.17. The minimum atomic E-state index is -0.295. The number of hydrogen-bond acceptors (Lipinski definition) is 2.